The summed E-state index contributed by atoms with van der Waals surface area (Å²) >= 11 is 1.45. The highest BCUT2D eigenvalue weighted by atomic mass is 32.2. The fraction of sp³-hybridized carbons (Fsp3) is 0.318. The number of morpholine rings is 1. The Hall–Kier alpha value is -2.44. The summed E-state index contributed by atoms with van der Waals surface area (Å²) in [5, 5.41) is 11.8. The van der Waals surface area contributed by atoms with Crippen molar-refractivity contribution in [1.82, 2.24) is 15.1 Å². The van der Waals surface area contributed by atoms with Gasteiger partial charge in [0.25, 0.3) is 0 Å². The van der Waals surface area contributed by atoms with E-state index in [-0.39, 0.29) is 18.1 Å². The summed E-state index contributed by atoms with van der Waals surface area (Å²) in [4.78, 5) is 14.6. The molecule has 144 valence electrons. The van der Waals surface area contributed by atoms with Crippen LogP contribution in [0.1, 0.15) is 13.8 Å². The second kappa shape index (κ2) is 8.29. The monoisotopic (exact) mass is 393 g/mol. The van der Waals surface area contributed by atoms with Gasteiger partial charge in [0.05, 0.1) is 18.0 Å². The number of ether oxygens (including phenoxy) is 1. The average molecular weight is 394 g/mol. The first-order valence-electron chi connectivity index (χ1n) is 9.48. The summed E-state index contributed by atoms with van der Waals surface area (Å²) < 4.78 is 5.72. The predicted octanol–water partition coefficient (Wildman–Crippen LogP) is 4.02. The fourth-order valence-electron chi connectivity index (χ4n) is 3.60. The van der Waals surface area contributed by atoms with E-state index in [9.17, 15) is 4.79 Å². The number of benzene rings is 2. The molecule has 1 amide bonds. The van der Waals surface area contributed by atoms with Crippen molar-refractivity contribution in [1.29, 1.82) is 0 Å². The molecule has 5 nitrogen and oxygen atoms in total. The van der Waals surface area contributed by atoms with Gasteiger partial charge in [0.1, 0.15) is 10.7 Å². The molecule has 1 aliphatic heterocycles. The maximum atomic E-state index is 12.7. The molecule has 0 N–H and O–H groups in total. The number of carbonyl (C=O) groups is 1. The number of aromatic nitrogens is 2. The third-order valence-electron chi connectivity index (χ3n) is 4.81. The zero-order chi connectivity index (χ0) is 19.5. The van der Waals surface area contributed by atoms with Gasteiger partial charge in [-0.25, -0.2) is 0 Å². The van der Waals surface area contributed by atoms with E-state index in [2.05, 4.69) is 16.3 Å². The summed E-state index contributed by atoms with van der Waals surface area (Å²) in [6.07, 6.45) is 0.145. The van der Waals surface area contributed by atoms with Gasteiger partial charge in [0.2, 0.25) is 5.91 Å². The molecular formula is C22H23N3O2S. The van der Waals surface area contributed by atoms with Crippen LogP contribution >= 0.6 is 11.8 Å². The zero-order valence-corrected chi connectivity index (χ0v) is 16.9. The van der Waals surface area contributed by atoms with Gasteiger partial charge >= 0.3 is 0 Å². The second-order valence-electron chi connectivity index (χ2n) is 7.11. The summed E-state index contributed by atoms with van der Waals surface area (Å²) in [7, 11) is 0. The molecule has 1 aliphatic rings. The van der Waals surface area contributed by atoms with Crippen LogP contribution in [0.3, 0.4) is 0 Å². The Kier molecular flexibility index (Phi) is 5.59. The smallest absolute Gasteiger partial charge is 0.233 e. The molecule has 3 aromatic rings. The normalized spacial score (nSPS) is 19.7. The van der Waals surface area contributed by atoms with Crippen LogP contribution in [-0.2, 0) is 9.53 Å². The molecule has 0 radical (unpaired) electrons. The number of amides is 1. The number of hydrogen-bond donors (Lipinski definition) is 0. The Labute approximate surface area is 169 Å². The van der Waals surface area contributed by atoms with E-state index in [0.29, 0.717) is 18.8 Å². The van der Waals surface area contributed by atoms with Crippen LogP contribution in [0.2, 0.25) is 0 Å². The first kappa shape index (κ1) is 18.9. The Bertz CT molecular complexity index is 970. The van der Waals surface area contributed by atoms with E-state index >= 15 is 0 Å². The standard InChI is InChI=1S/C22H23N3O2S/c1-15-12-25(13-16(2)27-15)20(26)14-28-22-19-11-7-6-10-18(19)21(23-24-22)17-8-4-3-5-9-17/h3-11,15-16H,12-14H2,1-2H3/t15-,16+. The molecule has 0 bridgehead atoms. The third-order valence-corrected chi connectivity index (χ3v) is 5.77. The maximum absolute atomic E-state index is 12.7. The van der Waals surface area contributed by atoms with E-state index in [0.717, 1.165) is 27.1 Å². The molecule has 2 atom stereocenters. The van der Waals surface area contributed by atoms with Crippen LogP contribution in [0.4, 0.5) is 0 Å². The van der Waals surface area contributed by atoms with E-state index in [1.54, 1.807) is 0 Å². The molecule has 28 heavy (non-hydrogen) atoms. The SMILES string of the molecule is C[C@@H]1CN(C(=O)CSc2nnc(-c3ccccc3)c3ccccc23)C[C@H](C)O1. The molecule has 1 aromatic heterocycles. The molecule has 0 saturated carbocycles. The van der Waals surface area contributed by atoms with Crippen LogP contribution in [0, 0.1) is 0 Å². The van der Waals surface area contributed by atoms with Gasteiger partial charge in [-0.2, -0.15) is 0 Å². The van der Waals surface area contributed by atoms with Crippen LogP contribution < -0.4 is 0 Å². The van der Waals surface area contributed by atoms with Gasteiger partial charge in [0.15, 0.2) is 0 Å². The van der Waals surface area contributed by atoms with Crippen LogP contribution in [0.15, 0.2) is 59.6 Å². The van der Waals surface area contributed by atoms with Crippen molar-refractivity contribution in [2.24, 2.45) is 0 Å². The lowest BCUT2D eigenvalue weighted by atomic mass is 10.1. The Balaban J connectivity index is 1.56. The summed E-state index contributed by atoms with van der Waals surface area (Å²) in [6.45, 7) is 5.29. The first-order chi connectivity index (χ1) is 13.6. The minimum atomic E-state index is 0.0727. The zero-order valence-electron chi connectivity index (χ0n) is 16.0. The van der Waals surface area contributed by atoms with Crippen LogP contribution in [-0.4, -0.2) is 52.1 Å². The number of carbonyl (C=O) groups excluding carboxylic acids is 1. The molecule has 2 aromatic carbocycles. The van der Waals surface area contributed by atoms with E-state index < -0.39 is 0 Å². The minimum Gasteiger partial charge on any atom is -0.372 e. The molecule has 0 aliphatic carbocycles. The average Bonchev–Trinajstić information content (AvgIpc) is 2.71. The second-order valence-corrected chi connectivity index (χ2v) is 8.07. The van der Waals surface area contributed by atoms with E-state index in [1.807, 2.05) is 67.3 Å². The lowest BCUT2D eigenvalue weighted by molar-refractivity contribution is -0.140. The Morgan fingerprint density at radius 3 is 2.36 bits per heavy atom. The van der Waals surface area contributed by atoms with Gasteiger partial charge in [-0.3, -0.25) is 4.79 Å². The quantitative estimate of drug-likeness (QED) is 0.627. The summed E-state index contributed by atoms with van der Waals surface area (Å²) in [6, 6.07) is 18.2. The van der Waals surface area contributed by atoms with Gasteiger partial charge in [-0.15, -0.1) is 10.2 Å². The van der Waals surface area contributed by atoms with Gasteiger partial charge < -0.3 is 9.64 Å². The lowest BCUT2D eigenvalue weighted by Crippen LogP contribution is -2.48. The van der Waals surface area contributed by atoms with Crippen LogP contribution in [0.5, 0.6) is 0 Å². The number of rotatable bonds is 4. The molecule has 2 heterocycles. The molecular weight excluding hydrogens is 370 g/mol. The van der Waals surface area contributed by atoms with Gasteiger partial charge in [0, 0.05) is 29.4 Å². The van der Waals surface area contributed by atoms with Gasteiger partial charge in [-0.05, 0) is 13.8 Å². The highest BCUT2D eigenvalue weighted by Crippen LogP contribution is 2.31. The number of nitrogens with zero attached hydrogens (tertiary/aromatic N) is 3. The molecule has 1 fully saturated rings. The maximum Gasteiger partial charge on any atom is 0.233 e. The van der Waals surface area contributed by atoms with Crippen molar-refractivity contribution in [2.75, 3.05) is 18.8 Å². The highest BCUT2D eigenvalue weighted by Gasteiger charge is 2.26. The molecule has 6 heteroatoms. The minimum absolute atomic E-state index is 0.0727. The lowest BCUT2D eigenvalue weighted by Gasteiger charge is -2.35. The highest BCUT2D eigenvalue weighted by molar-refractivity contribution is 8.00. The van der Waals surface area contributed by atoms with E-state index in [4.69, 9.17) is 4.74 Å². The third kappa shape index (κ3) is 4.03. The predicted molar refractivity (Wildman–Crippen MR) is 112 cm³/mol. The molecule has 0 spiro atoms. The fourth-order valence-corrected chi connectivity index (χ4v) is 4.47. The Morgan fingerprint density at radius 1 is 1.00 bits per heavy atom. The van der Waals surface area contributed by atoms with E-state index in [1.165, 1.54) is 11.8 Å². The topological polar surface area (TPSA) is 55.3 Å². The number of hydrogen-bond acceptors (Lipinski definition) is 5. The van der Waals surface area contributed by atoms with Crippen molar-refractivity contribution < 1.29 is 9.53 Å². The summed E-state index contributed by atoms with van der Waals surface area (Å²) in [5.74, 6) is 0.466. The van der Waals surface area contributed by atoms with Crippen molar-refractivity contribution in [2.45, 2.75) is 31.1 Å². The number of fused-ring (bicyclic) bond motifs is 1. The van der Waals surface area contributed by atoms with Gasteiger partial charge in [-0.1, -0.05) is 66.4 Å². The molecule has 4 rings (SSSR count). The largest absolute Gasteiger partial charge is 0.372 e. The molecule has 0 unspecified atom stereocenters. The Morgan fingerprint density at radius 2 is 1.64 bits per heavy atom. The number of thioether (sulfide) groups is 1. The van der Waals surface area contributed by atoms with Crippen LogP contribution in [0.25, 0.3) is 22.0 Å². The van der Waals surface area contributed by atoms with Crippen molar-refractivity contribution in [3.63, 3.8) is 0 Å². The van der Waals surface area contributed by atoms with Crippen molar-refractivity contribution >= 4 is 28.4 Å². The van der Waals surface area contributed by atoms with Crippen molar-refractivity contribution in [3.05, 3.63) is 54.6 Å². The first-order valence-corrected chi connectivity index (χ1v) is 10.5. The molecule has 1 saturated heterocycles. The van der Waals surface area contributed by atoms with Crippen molar-refractivity contribution in [3.8, 4) is 11.3 Å². The summed E-state index contributed by atoms with van der Waals surface area (Å²) in [5.41, 5.74) is 1.90.